The van der Waals surface area contributed by atoms with Crippen molar-refractivity contribution in [3.63, 3.8) is 0 Å². The van der Waals surface area contributed by atoms with E-state index >= 15 is 0 Å². The number of amides is 2. The summed E-state index contributed by atoms with van der Waals surface area (Å²) in [4.78, 5) is 27.8. The quantitative estimate of drug-likeness (QED) is 0.791. The molecule has 0 aliphatic carbocycles. The molecule has 0 bridgehead atoms. The molecule has 2 aliphatic rings. The van der Waals surface area contributed by atoms with Gasteiger partial charge in [0.05, 0.1) is 18.3 Å². The Kier molecular flexibility index (Phi) is 4.42. The summed E-state index contributed by atoms with van der Waals surface area (Å²) in [6.45, 7) is 5.06. The summed E-state index contributed by atoms with van der Waals surface area (Å²) >= 11 is 0. The number of rotatable bonds is 5. The van der Waals surface area contributed by atoms with E-state index in [1.165, 1.54) is 0 Å². The van der Waals surface area contributed by atoms with Gasteiger partial charge in [-0.3, -0.25) is 14.3 Å². The van der Waals surface area contributed by atoms with Crippen LogP contribution in [0.5, 0.6) is 0 Å². The number of aromatic nitrogens is 2. The second-order valence-corrected chi connectivity index (χ2v) is 5.78. The lowest BCUT2D eigenvalue weighted by Crippen LogP contribution is -2.46. The summed E-state index contributed by atoms with van der Waals surface area (Å²) in [7, 11) is 0. The van der Waals surface area contributed by atoms with Gasteiger partial charge in [-0.2, -0.15) is 5.10 Å². The molecule has 2 amide bonds. The van der Waals surface area contributed by atoms with E-state index in [2.05, 4.69) is 5.10 Å². The van der Waals surface area contributed by atoms with E-state index in [0.29, 0.717) is 32.7 Å². The lowest BCUT2D eigenvalue weighted by Gasteiger charge is -2.35. The Morgan fingerprint density at radius 2 is 2.36 bits per heavy atom. The standard InChI is InChI=1S/C15H22N4O3/c1-2-22-11-15(21)18-8-12-5-6-16-19(12)13(10-18)9-17-7-3-4-14(17)20/h5-6,13H,2-4,7-11H2,1H3. The number of fused-ring (bicyclic) bond motifs is 1. The number of hydrogen-bond donors (Lipinski definition) is 0. The first-order valence-corrected chi connectivity index (χ1v) is 7.84. The topological polar surface area (TPSA) is 67.7 Å². The van der Waals surface area contributed by atoms with Gasteiger partial charge in [-0.25, -0.2) is 0 Å². The second kappa shape index (κ2) is 6.48. The summed E-state index contributed by atoms with van der Waals surface area (Å²) in [5.41, 5.74) is 1.01. The zero-order valence-corrected chi connectivity index (χ0v) is 12.9. The first kappa shape index (κ1) is 15.0. The number of nitrogens with zero attached hydrogens (tertiary/aromatic N) is 4. The van der Waals surface area contributed by atoms with Crippen molar-refractivity contribution in [2.75, 3.05) is 32.8 Å². The van der Waals surface area contributed by atoms with Crippen LogP contribution in [0.25, 0.3) is 0 Å². The Morgan fingerprint density at radius 1 is 1.50 bits per heavy atom. The first-order chi connectivity index (χ1) is 10.7. The van der Waals surface area contributed by atoms with Crippen LogP contribution in [0, 0.1) is 0 Å². The number of carbonyl (C=O) groups excluding carboxylic acids is 2. The Balaban J connectivity index is 1.71. The van der Waals surface area contributed by atoms with Crippen molar-refractivity contribution in [1.29, 1.82) is 0 Å². The van der Waals surface area contributed by atoms with Crippen molar-refractivity contribution in [1.82, 2.24) is 19.6 Å². The largest absolute Gasteiger partial charge is 0.372 e. The Hall–Kier alpha value is -1.89. The molecular formula is C15H22N4O3. The molecule has 0 radical (unpaired) electrons. The van der Waals surface area contributed by atoms with E-state index in [4.69, 9.17) is 4.74 Å². The van der Waals surface area contributed by atoms with Crippen molar-refractivity contribution < 1.29 is 14.3 Å². The molecule has 1 unspecified atom stereocenters. The van der Waals surface area contributed by atoms with Crippen molar-refractivity contribution in [3.8, 4) is 0 Å². The minimum Gasteiger partial charge on any atom is -0.372 e. The Labute approximate surface area is 129 Å². The average Bonchev–Trinajstić information content (AvgIpc) is 3.14. The van der Waals surface area contributed by atoms with Gasteiger partial charge >= 0.3 is 0 Å². The van der Waals surface area contributed by atoms with Crippen LogP contribution < -0.4 is 0 Å². The molecule has 120 valence electrons. The molecule has 2 aliphatic heterocycles. The van der Waals surface area contributed by atoms with E-state index in [1.807, 2.05) is 22.6 Å². The van der Waals surface area contributed by atoms with Crippen LogP contribution >= 0.6 is 0 Å². The minimum atomic E-state index is -0.00736. The SMILES string of the molecule is CCOCC(=O)N1Cc2ccnn2C(CN2CCCC2=O)C1. The molecule has 3 heterocycles. The minimum absolute atomic E-state index is 0.00736. The fourth-order valence-corrected chi connectivity index (χ4v) is 3.14. The van der Waals surface area contributed by atoms with Gasteiger partial charge in [0.1, 0.15) is 6.61 Å². The van der Waals surface area contributed by atoms with Gasteiger partial charge in [-0.15, -0.1) is 0 Å². The molecule has 1 fully saturated rings. The molecule has 1 aromatic heterocycles. The van der Waals surface area contributed by atoms with Gasteiger partial charge in [0.15, 0.2) is 0 Å². The average molecular weight is 306 g/mol. The summed E-state index contributed by atoms with van der Waals surface area (Å²) in [5.74, 6) is 0.193. The highest BCUT2D eigenvalue weighted by Crippen LogP contribution is 2.23. The van der Waals surface area contributed by atoms with Crippen LogP contribution in [0.15, 0.2) is 12.3 Å². The maximum absolute atomic E-state index is 12.2. The van der Waals surface area contributed by atoms with Crippen molar-refractivity contribution in [3.05, 3.63) is 18.0 Å². The lowest BCUT2D eigenvalue weighted by molar-refractivity contribution is -0.138. The van der Waals surface area contributed by atoms with Crippen molar-refractivity contribution in [2.45, 2.75) is 32.4 Å². The summed E-state index contributed by atoms with van der Waals surface area (Å²) in [6, 6.07) is 1.95. The molecule has 3 rings (SSSR count). The smallest absolute Gasteiger partial charge is 0.248 e. The highest BCUT2D eigenvalue weighted by Gasteiger charge is 2.32. The summed E-state index contributed by atoms with van der Waals surface area (Å²) < 4.78 is 7.18. The van der Waals surface area contributed by atoms with Crippen LogP contribution in [-0.4, -0.2) is 64.2 Å². The molecule has 0 saturated carbocycles. The van der Waals surface area contributed by atoms with Gasteiger partial charge in [0.25, 0.3) is 0 Å². The molecule has 0 N–H and O–H groups in total. The normalized spacial score (nSPS) is 21.3. The molecule has 1 saturated heterocycles. The Morgan fingerprint density at radius 3 is 3.09 bits per heavy atom. The van der Waals surface area contributed by atoms with Crippen LogP contribution in [0.4, 0.5) is 0 Å². The van der Waals surface area contributed by atoms with E-state index in [9.17, 15) is 9.59 Å². The monoisotopic (exact) mass is 306 g/mol. The lowest BCUT2D eigenvalue weighted by atomic mass is 10.1. The molecule has 22 heavy (non-hydrogen) atoms. The number of ether oxygens (including phenoxy) is 1. The summed E-state index contributed by atoms with van der Waals surface area (Å²) in [5, 5.41) is 4.37. The summed E-state index contributed by atoms with van der Waals surface area (Å²) in [6.07, 6.45) is 3.31. The number of likely N-dealkylation sites (tertiary alicyclic amines) is 1. The molecule has 7 heteroatoms. The predicted octanol–water partition coefficient (Wildman–Crippen LogP) is 0.425. The molecule has 7 nitrogen and oxygen atoms in total. The molecule has 0 aromatic carbocycles. The first-order valence-electron chi connectivity index (χ1n) is 7.84. The van der Waals surface area contributed by atoms with Gasteiger partial charge in [0.2, 0.25) is 11.8 Å². The predicted molar refractivity (Wildman–Crippen MR) is 79.0 cm³/mol. The maximum Gasteiger partial charge on any atom is 0.248 e. The second-order valence-electron chi connectivity index (χ2n) is 5.78. The zero-order chi connectivity index (χ0) is 15.5. The number of carbonyl (C=O) groups is 2. The fraction of sp³-hybridized carbons (Fsp3) is 0.667. The van der Waals surface area contributed by atoms with E-state index in [0.717, 1.165) is 18.7 Å². The van der Waals surface area contributed by atoms with Crippen molar-refractivity contribution >= 4 is 11.8 Å². The van der Waals surface area contributed by atoms with E-state index in [-0.39, 0.29) is 24.5 Å². The molecular weight excluding hydrogens is 284 g/mol. The van der Waals surface area contributed by atoms with Crippen LogP contribution in [0.2, 0.25) is 0 Å². The van der Waals surface area contributed by atoms with Crippen molar-refractivity contribution in [2.24, 2.45) is 0 Å². The van der Waals surface area contributed by atoms with Gasteiger partial charge < -0.3 is 14.5 Å². The number of hydrogen-bond acceptors (Lipinski definition) is 4. The highest BCUT2D eigenvalue weighted by atomic mass is 16.5. The van der Waals surface area contributed by atoms with Crippen LogP contribution in [0.3, 0.4) is 0 Å². The molecule has 1 atom stereocenters. The molecule has 0 spiro atoms. The Bertz CT molecular complexity index is 557. The van der Waals surface area contributed by atoms with Crippen LogP contribution in [-0.2, 0) is 20.9 Å². The van der Waals surface area contributed by atoms with Gasteiger partial charge in [-0.05, 0) is 19.4 Å². The van der Waals surface area contributed by atoms with Crippen LogP contribution in [0.1, 0.15) is 31.5 Å². The third-order valence-electron chi connectivity index (χ3n) is 4.27. The van der Waals surface area contributed by atoms with E-state index < -0.39 is 0 Å². The third kappa shape index (κ3) is 2.99. The zero-order valence-electron chi connectivity index (χ0n) is 12.9. The van der Waals surface area contributed by atoms with E-state index in [1.54, 1.807) is 11.1 Å². The molecule has 1 aromatic rings. The highest BCUT2D eigenvalue weighted by molar-refractivity contribution is 5.78. The maximum atomic E-state index is 12.2. The third-order valence-corrected chi connectivity index (χ3v) is 4.27. The fourth-order valence-electron chi connectivity index (χ4n) is 3.14. The van der Waals surface area contributed by atoms with Gasteiger partial charge in [0, 0.05) is 38.9 Å². The van der Waals surface area contributed by atoms with Gasteiger partial charge in [-0.1, -0.05) is 0 Å².